The van der Waals surface area contributed by atoms with Crippen LogP contribution in [0.3, 0.4) is 0 Å². The molecular weight excluding hydrogens is 256 g/mol. The van der Waals surface area contributed by atoms with Crippen LogP contribution in [0.2, 0.25) is 0 Å². The Balaban J connectivity index is 1.71. The smallest absolute Gasteiger partial charge is 0.159 e. The highest BCUT2D eigenvalue weighted by atomic mass is 14.9. The van der Waals surface area contributed by atoms with Crippen molar-refractivity contribution in [2.45, 2.75) is 58.3 Å². The van der Waals surface area contributed by atoms with Crippen molar-refractivity contribution in [2.24, 2.45) is 0 Å². The average Bonchev–Trinajstić information content (AvgIpc) is 2.55. The second-order valence-electron chi connectivity index (χ2n) is 5.65. The molecule has 1 aromatic carbocycles. The predicted octanol–water partition coefficient (Wildman–Crippen LogP) is 5.44. The molecule has 2 rings (SSSR count). The topological polar surface area (TPSA) is 25.8 Å². The van der Waals surface area contributed by atoms with E-state index in [1.54, 1.807) is 0 Å². The van der Waals surface area contributed by atoms with E-state index in [1.165, 1.54) is 50.5 Å². The first-order chi connectivity index (χ1) is 10.4. The van der Waals surface area contributed by atoms with E-state index in [9.17, 15) is 0 Å². The Hall–Kier alpha value is -1.70. The summed E-state index contributed by atoms with van der Waals surface area (Å²) < 4.78 is 0. The van der Waals surface area contributed by atoms with Crippen LogP contribution in [0.4, 0.5) is 0 Å². The first-order valence-corrected chi connectivity index (χ1v) is 8.26. The van der Waals surface area contributed by atoms with E-state index in [0.717, 1.165) is 17.8 Å². The second-order valence-corrected chi connectivity index (χ2v) is 5.65. The van der Waals surface area contributed by atoms with Crippen molar-refractivity contribution in [3.05, 3.63) is 48.3 Å². The summed E-state index contributed by atoms with van der Waals surface area (Å²) in [5.41, 5.74) is 2.34. The first kappa shape index (κ1) is 15.7. The van der Waals surface area contributed by atoms with Crippen LogP contribution < -0.4 is 0 Å². The summed E-state index contributed by atoms with van der Waals surface area (Å²) in [6.45, 7) is 2.26. The average molecular weight is 282 g/mol. The Morgan fingerprint density at radius 1 is 0.762 bits per heavy atom. The number of hydrogen-bond acceptors (Lipinski definition) is 2. The third-order valence-corrected chi connectivity index (χ3v) is 3.81. The zero-order valence-corrected chi connectivity index (χ0v) is 13.1. The van der Waals surface area contributed by atoms with Gasteiger partial charge >= 0.3 is 0 Å². The highest BCUT2D eigenvalue weighted by Gasteiger charge is 2.00. The maximum Gasteiger partial charge on any atom is 0.159 e. The number of unbranched alkanes of at least 4 members (excludes halogenated alkanes) is 6. The van der Waals surface area contributed by atoms with Gasteiger partial charge in [-0.3, -0.25) is 0 Å². The Morgan fingerprint density at radius 3 is 2.05 bits per heavy atom. The van der Waals surface area contributed by atoms with Crippen LogP contribution in [-0.4, -0.2) is 9.97 Å². The van der Waals surface area contributed by atoms with Crippen LogP contribution >= 0.6 is 0 Å². The Morgan fingerprint density at radius 2 is 1.38 bits per heavy atom. The summed E-state index contributed by atoms with van der Waals surface area (Å²) in [7, 11) is 0. The van der Waals surface area contributed by atoms with Crippen LogP contribution in [0.15, 0.2) is 42.7 Å². The van der Waals surface area contributed by atoms with Gasteiger partial charge in [0.2, 0.25) is 0 Å². The highest BCUT2D eigenvalue weighted by molar-refractivity contribution is 5.53. The zero-order valence-electron chi connectivity index (χ0n) is 13.1. The molecule has 0 atom stereocenters. The van der Waals surface area contributed by atoms with Crippen LogP contribution in [-0.2, 0) is 6.42 Å². The minimum Gasteiger partial charge on any atom is -0.236 e. The first-order valence-electron chi connectivity index (χ1n) is 8.26. The summed E-state index contributed by atoms with van der Waals surface area (Å²) in [6, 6.07) is 10.1. The van der Waals surface area contributed by atoms with E-state index in [-0.39, 0.29) is 0 Å². The number of nitrogens with zero attached hydrogens (tertiary/aromatic N) is 2. The largest absolute Gasteiger partial charge is 0.236 e. The van der Waals surface area contributed by atoms with Gasteiger partial charge < -0.3 is 0 Å². The van der Waals surface area contributed by atoms with Gasteiger partial charge in [-0.1, -0.05) is 75.8 Å². The lowest BCUT2D eigenvalue weighted by Crippen LogP contribution is -1.93. The molecule has 0 aliphatic heterocycles. The summed E-state index contributed by atoms with van der Waals surface area (Å²) >= 11 is 0. The lowest BCUT2D eigenvalue weighted by molar-refractivity contribution is 0.589. The van der Waals surface area contributed by atoms with Gasteiger partial charge in [-0.25, -0.2) is 9.97 Å². The SMILES string of the molecule is CCCCCCCCCc1cnc(-c2ccccc2)nc1. The van der Waals surface area contributed by atoms with Crippen LogP contribution in [0.1, 0.15) is 57.4 Å². The lowest BCUT2D eigenvalue weighted by atomic mass is 10.1. The molecule has 112 valence electrons. The number of benzene rings is 1. The lowest BCUT2D eigenvalue weighted by Gasteiger charge is -2.03. The van der Waals surface area contributed by atoms with Crippen molar-refractivity contribution in [1.29, 1.82) is 0 Å². The molecular formula is C19H26N2. The van der Waals surface area contributed by atoms with Crippen molar-refractivity contribution in [3.8, 4) is 11.4 Å². The van der Waals surface area contributed by atoms with Crippen molar-refractivity contribution in [2.75, 3.05) is 0 Å². The highest BCUT2D eigenvalue weighted by Crippen LogP contribution is 2.14. The maximum atomic E-state index is 4.48. The maximum absolute atomic E-state index is 4.48. The molecule has 0 saturated carbocycles. The molecule has 1 heterocycles. The van der Waals surface area contributed by atoms with Crippen LogP contribution in [0.5, 0.6) is 0 Å². The molecule has 2 nitrogen and oxygen atoms in total. The van der Waals surface area contributed by atoms with Crippen LogP contribution in [0, 0.1) is 0 Å². The second kappa shape index (κ2) is 9.28. The van der Waals surface area contributed by atoms with Crippen LogP contribution in [0.25, 0.3) is 11.4 Å². The van der Waals surface area contributed by atoms with E-state index in [1.807, 2.05) is 42.7 Å². The van der Waals surface area contributed by atoms with Gasteiger partial charge in [0.1, 0.15) is 0 Å². The van der Waals surface area contributed by atoms with Gasteiger partial charge in [0, 0.05) is 18.0 Å². The fraction of sp³-hybridized carbons (Fsp3) is 0.474. The number of aryl methyl sites for hydroxylation is 1. The molecule has 2 aromatic rings. The summed E-state index contributed by atoms with van der Waals surface area (Å²) in [4.78, 5) is 8.95. The Bertz CT molecular complexity index is 491. The van der Waals surface area contributed by atoms with E-state index in [0.29, 0.717) is 0 Å². The molecule has 2 heteroatoms. The van der Waals surface area contributed by atoms with Crippen molar-refractivity contribution < 1.29 is 0 Å². The van der Waals surface area contributed by atoms with Gasteiger partial charge in [0.25, 0.3) is 0 Å². The van der Waals surface area contributed by atoms with E-state index in [4.69, 9.17) is 0 Å². The van der Waals surface area contributed by atoms with Crippen molar-refractivity contribution >= 4 is 0 Å². The Kier molecular flexibility index (Phi) is 6.93. The third kappa shape index (κ3) is 5.66. The van der Waals surface area contributed by atoms with Gasteiger partial charge in [0.05, 0.1) is 0 Å². The summed E-state index contributed by atoms with van der Waals surface area (Å²) in [6.07, 6.45) is 14.5. The van der Waals surface area contributed by atoms with Gasteiger partial charge in [-0.05, 0) is 18.4 Å². The molecule has 0 fully saturated rings. The van der Waals surface area contributed by atoms with Gasteiger partial charge in [0.15, 0.2) is 5.82 Å². The van der Waals surface area contributed by atoms with E-state index >= 15 is 0 Å². The number of hydrogen-bond donors (Lipinski definition) is 0. The standard InChI is InChI=1S/C19H26N2/c1-2-3-4-5-6-7-9-12-17-15-20-19(21-16-17)18-13-10-8-11-14-18/h8,10-11,13-16H,2-7,9,12H2,1H3. The minimum atomic E-state index is 0.818. The molecule has 0 amide bonds. The Labute approximate surface area is 128 Å². The van der Waals surface area contributed by atoms with Crippen molar-refractivity contribution in [3.63, 3.8) is 0 Å². The zero-order chi connectivity index (χ0) is 14.8. The van der Waals surface area contributed by atoms with E-state index < -0.39 is 0 Å². The predicted molar refractivity (Wildman–Crippen MR) is 89.2 cm³/mol. The molecule has 0 spiro atoms. The number of aromatic nitrogens is 2. The minimum absolute atomic E-state index is 0.818. The molecule has 0 saturated heterocycles. The molecule has 0 bridgehead atoms. The summed E-state index contributed by atoms with van der Waals surface area (Å²) in [5, 5.41) is 0. The quantitative estimate of drug-likeness (QED) is 0.572. The van der Waals surface area contributed by atoms with E-state index in [2.05, 4.69) is 16.9 Å². The molecule has 0 aliphatic carbocycles. The van der Waals surface area contributed by atoms with Gasteiger partial charge in [-0.2, -0.15) is 0 Å². The molecule has 0 radical (unpaired) electrons. The fourth-order valence-electron chi connectivity index (χ4n) is 2.51. The normalized spacial score (nSPS) is 10.7. The molecule has 0 unspecified atom stereocenters. The van der Waals surface area contributed by atoms with Gasteiger partial charge in [-0.15, -0.1) is 0 Å². The van der Waals surface area contributed by atoms with Crippen molar-refractivity contribution in [1.82, 2.24) is 9.97 Å². The molecule has 1 aromatic heterocycles. The molecule has 0 N–H and O–H groups in total. The monoisotopic (exact) mass is 282 g/mol. The molecule has 21 heavy (non-hydrogen) atoms. The third-order valence-electron chi connectivity index (χ3n) is 3.81. The number of rotatable bonds is 9. The fourth-order valence-corrected chi connectivity index (χ4v) is 2.51. The summed E-state index contributed by atoms with van der Waals surface area (Å²) in [5.74, 6) is 0.818. The molecule has 0 aliphatic rings.